The van der Waals surface area contributed by atoms with Crippen LogP contribution >= 0.6 is 15.9 Å². The van der Waals surface area contributed by atoms with E-state index < -0.39 is 11.6 Å². The van der Waals surface area contributed by atoms with Crippen molar-refractivity contribution in [1.29, 1.82) is 0 Å². The summed E-state index contributed by atoms with van der Waals surface area (Å²) in [5.41, 5.74) is 0.743. The zero-order valence-corrected chi connectivity index (χ0v) is 11.7. The summed E-state index contributed by atoms with van der Waals surface area (Å²) in [4.78, 5) is 8.21. The van der Waals surface area contributed by atoms with Crippen molar-refractivity contribution in [2.24, 2.45) is 0 Å². The Balaban J connectivity index is 2.10. The maximum Gasteiger partial charge on any atom is 0.146 e. The van der Waals surface area contributed by atoms with E-state index in [1.807, 2.05) is 18.2 Å². The first-order valence-corrected chi connectivity index (χ1v) is 6.55. The highest BCUT2D eigenvalue weighted by Gasteiger charge is 2.08. The predicted molar refractivity (Wildman–Crippen MR) is 76.9 cm³/mol. The van der Waals surface area contributed by atoms with E-state index in [0.29, 0.717) is 16.7 Å². The molecule has 0 spiro atoms. The monoisotopic (exact) mass is 335 g/mol. The van der Waals surface area contributed by atoms with Crippen molar-refractivity contribution in [1.82, 2.24) is 9.97 Å². The summed E-state index contributed by atoms with van der Waals surface area (Å²) in [6, 6.07) is 8.69. The third-order valence-electron chi connectivity index (χ3n) is 2.78. The van der Waals surface area contributed by atoms with Gasteiger partial charge in [-0.3, -0.25) is 0 Å². The number of nitrogens with zero attached hydrogens (tertiary/aromatic N) is 2. The van der Waals surface area contributed by atoms with E-state index >= 15 is 0 Å². The maximum atomic E-state index is 13.7. The van der Waals surface area contributed by atoms with E-state index in [2.05, 4.69) is 31.2 Å². The molecule has 0 amide bonds. The summed E-state index contributed by atoms with van der Waals surface area (Å²) in [5.74, 6) is -0.651. The number of benzene rings is 2. The molecule has 0 radical (unpaired) electrons. The number of anilines is 2. The van der Waals surface area contributed by atoms with E-state index in [1.54, 1.807) is 0 Å². The lowest BCUT2D eigenvalue weighted by Crippen LogP contribution is -1.98. The van der Waals surface area contributed by atoms with E-state index in [4.69, 9.17) is 0 Å². The summed E-state index contributed by atoms with van der Waals surface area (Å²) >= 11 is 3.36. The van der Waals surface area contributed by atoms with Crippen LogP contribution in [-0.2, 0) is 0 Å². The first-order valence-electron chi connectivity index (χ1n) is 5.76. The summed E-state index contributed by atoms with van der Waals surface area (Å²) in [6.45, 7) is 0. The predicted octanol–water partition coefficient (Wildman–Crippen LogP) is 4.41. The minimum absolute atomic E-state index is 0.0324. The van der Waals surface area contributed by atoms with Gasteiger partial charge in [-0.25, -0.2) is 18.7 Å². The summed E-state index contributed by atoms with van der Waals surface area (Å²) < 4.78 is 27.7. The van der Waals surface area contributed by atoms with Gasteiger partial charge in [-0.15, -0.1) is 0 Å². The minimum atomic E-state index is -0.548. The topological polar surface area (TPSA) is 37.8 Å². The van der Waals surface area contributed by atoms with Gasteiger partial charge in [0.05, 0.1) is 11.2 Å². The van der Waals surface area contributed by atoms with Gasteiger partial charge in [0.15, 0.2) is 0 Å². The quantitative estimate of drug-likeness (QED) is 0.753. The minimum Gasteiger partial charge on any atom is -0.337 e. The molecular weight excluding hydrogens is 328 g/mol. The molecule has 3 aromatic rings. The summed E-state index contributed by atoms with van der Waals surface area (Å²) in [7, 11) is 0. The van der Waals surface area contributed by atoms with Crippen molar-refractivity contribution in [3.8, 4) is 0 Å². The van der Waals surface area contributed by atoms with Crippen LogP contribution in [0.5, 0.6) is 0 Å². The number of hydrogen-bond donors (Lipinski definition) is 1. The Kier molecular flexibility index (Phi) is 3.31. The van der Waals surface area contributed by atoms with Crippen molar-refractivity contribution < 1.29 is 8.78 Å². The number of nitrogens with one attached hydrogen (secondary N) is 1. The Morgan fingerprint density at radius 1 is 1.00 bits per heavy atom. The Morgan fingerprint density at radius 3 is 2.70 bits per heavy atom. The van der Waals surface area contributed by atoms with Crippen molar-refractivity contribution in [3.05, 3.63) is 58.8 Å². The molecule has 1 aromatic heterocycles. The molecule has 0 atom stereocenters. The molecule has 0 unspecified atom stereocenters. The third kappa shape index (κ3) is 2.46. The smallest absolute Gasteiger partial charge is 0.146 e. The molecule has 0 fully saturated rings. The molecule has 6 heteroatoms. The molecule has 0 aliphatic rings. The number of hydrogen-bond acceptors (Lipinski definition) is 3. The molecule has 1 N–H and O–H groups in total. The van der Waals surface area contributed by atoms with Gasteiger partial charge in [0.25, 0.3) is 0 Å². The lowest BCUT2D eigenvalue weighted by molar-refractivity contribution is 0.603. The largest absolute Gasteiger partial charge is 0.337 e. The van der Waals surface area contributed by atoms with Crippen LogP contribution in [0.1, 0.15) is 0 Å². The molecule has 3 nitrogen and oxygen atoms in total. The Hall–Kier alpha value is -2.08. The van der Waals surface area contributed by atoms with Crippen LogP contribution in [0.4, 0.5) is 20.3 Å². The molecule has 3 rings (SSSR count). The molecule has 0 aliphatic carbocycles. The van der Waals surface area contributed by atoms with Crippen LogP contribution in [0.25, 0.3) is 10.9 Å². The van der Waals surface area contributed by atoms with Crippen LogP contribution < -0.4 is 5.32 Å². The second-order valence-electron chi connectivity index (χ2n) is 4.13. The van der Waals surface area contributed by atoms with Gasteiger partial charge < -0.3 is 5.32 Å². The van der Waals surface area contributed by atoms with E-state index in [9.17, 15) is 8.78 Å². The highest BCUT2D eigenvalue weighted by atomic mass is 79.9. The first kappa shape index (κ1) is 12.9. The molecule has 2 aromatic carbocycles. The Morgan fingerprint density at radius 2 is 1.85 bits per heavy atom. The van der Waals surface area contributed by atoms with Crippen molar-refractivity contribution in [3.63, 3.8) is 0 Å². The van der Waals surface area contributed by atoms with E-state index in [0.717, 1.165) is 22.7 Å². The fourth-order valence-electron chi connectivity index (χ4n) is 1.85. The van der Waals surface area contributed by atoms with Crippen LogP contribution in [0.3, 0.4) is 0 Å². The first-order chi connectivity index (χ1) is 9.63. The fraction of sp³-hybridized carbons (Fsp3) is 0. The number of halogens is 3. The van der Waals surface area contributed by atoms with Crippen LogP contribution in [0, 0.1) is 11.6 Å². The van der Waals surface area contributed by atoms with Crippen molar-refractivity contribution in [2.75, 3.05) is 5.32 Å². The SMILES string of the molecule is Fc1ccc(F)c(Nc2ncnc3ccc(Br)cc23)c1. The molecule has 100 valence electrons. The van der Waals surface area contributed by atoms with Crippen molar-refractivity contribution >= 4 is 38.3 Å². The molecule has 0 bridgehead atoms. The average molecular weight is 336 g/mol. The number of aromatic nitrogens is 2. The highest BCUT2D eigenvalue weighted by Crippen LogP contribution is 2.27. The fourth-order valence-corrected chi connectivity index (χ4v) is 2.21. The molecule has 0 saturated carbocycles. The van der Waals surface area contributed by atoms with Gasteiger partial charge in [-0.05, 0) is 30.3 Å². The molecule has 1 heterocycles. The molecule has 0 aliphatic heterocycles. The van der Waals surface area contributed by atoms with Gasteiger partial charge >= 0.3 is 0 Å². The molecular formula is C14H8BrF2N3. The molecule has 0 saturated heterocycles. The van der Waals surface area contributed by atoms with Crippen LogP contribution in [0.15, 0.2) is 47.2 Å². The van der Waals surface area contributed by atoms with Gasteiger partial charge in [-0.2, -0.15) is 0 Å². The standard InChI is InChI=1S/C14H8BrF2N3/c15-8-1-4-12-10(5-8)14(19-7-18-12)20-13-6-9(16)2-3-11(13)17/h1-7H,(H,18,19,20). The lowest BCUT2D eigenvalue weighted by Gasteiger charge is -2.09. The van der Waals surface area contributed by atoms with Crippen LogP contribution in [0.2, 0.25) is 0 Å². The average Bonchev–Trinajstić information content (AvgIpc) is 2.43. The second-order valence-corrected chi connectivity index (χ2v) is 5.05. The molecule has 20 heavy (non-hydrogen) atoms. The lowest BCUT2D eigenvalue weighted by atomic mass is 10.2. The zero-order valence-electron chi connectivity index (χ0n) is 10.1. The van der Waals surface area contributed by atoms with Gasteiger partial charge in [-0.1, -0.05) is 15.9 Å². The highest BCUT2D eigenvalue weighted by molar-refractivity contribution is 9.10. The van der Waals surface area contributed by atoms with Gasteiger partial charge in [0.1, 0.15) is 23.8 Å². The number of rotatable bonds is 2. The van der Waals surface area contributed by atoms with E-state index in [-0.39, 0.29) is 5.69 Å². The van der Waals surface area contributed by atoms with E-state index in [1.165, 1.54) is 6.33 Å². The Labute approximate surface area is 121 Å². The second kappa shape index (κ2) is 5.13. The Bertz CT molecular complexity index is 792. The third-order valence-corrected chi connectivity index (χ3v) is 3.27. The van der Waals surface area contributed by atoms with Crippen LogP contribution in [-0.4, -0.2) is 9.97 Å². The zero-order chi connectivity index (χ0) is 14.1. The maximum absolute atomic E-state index is 13.7. The van der Waals surface area contributed by atoms with Gasteiger partial charge in [0, 0.05) is 15.9 Å². The summed E-state index contributed by atoms with van der Waals surface area (Å²) in [5, 5.41) is 3.51. The summed E-state index contributed by atoms with van der Waals surface area (Å²) in [6.07, 6.45) is 1.37. The van der Waals surface area contributed by atoms with Crippen molar-refractivity contribution in [2.45, 2.75) is 0 Å². The number of fused-ring (bicyclic) bond motifs is 1. The van der Waals surface area contributed by atoms with Gasteiger partial charge in [0.2, 0.25) is 0 Å². The normalized spacial score (nSPS) is 10.8.